The van der Waals surface area contributed by atoms with E-state index in [9.17, 15) is 19.2 Å². The Labute approximate surface area is 195 Å². The van der Waals surface area contributed by atoms with Crippen molar-refractivity contribution in [3.8, 4) is 5.75 Å². The van der Waals surface area contributed by atoms with Gasteiger partial charge in [0.05, 0.1) is 6.42 Å². The highest BCUT2D eigenvalue weighted by Gasteiger charge is 2.21. The van der Waals surface area contributed by atoms with Crippen LogP contribution in [0.3, 0.4) is 0 Å². The first-order valence-corrected chi connectivity index (χ1v) is 12.3. The maximum absolute atomic E-state index is 12.4. The zero-order valence-electron chi connectivity index (χ0n) is 18.5. The van der Waals surface area contributed by atoms with E-state index in [-0.39, 0.29) is 25.2 Å². The number of aryl methyl sites for hydroxylation is 1. The summed E-state index contributed by atoms with van der Waals surface area (Å²) in [5.41, 5.74) is 1.88. The topological polar surface area (TPSA) is 135 Å². The molecule has 1 aromatic carbocycles. The van der Waals surface area contributed by atoms with Crippen LogP contribution in [0.25, 0.3) is 11.0 Å². The van der Waals surface area contributed by atoms with Crippen LogP contribution in [0.15, 0.2) is 27.4 Å². The maximum atomic E-state index is 12.4. The minimum Gasteiger partial charge on any atom is -0.484 e. The third-order valence-electron chi connectivity index (χ3n) is 5.47. The van der Waals surface area contributed by atoms with Crippen LogP contribution < -0.4 is 21.0 Å². The standard InChI is InChI=1S/C23H28N2O7S/c1-33-11-9-18(22(29)24-10-8-21(27)28)25-20(26)13-31-14-6-7-16-15-4-2-3-5-17(15)23(30)32-19(16)12-14/h6-7,12,18H,2-5,8-11,13H2,1H3,(H,24,29)(H,25,26)(H,27,28)/t18-/m1/s1. The molecule has 3 N–H and O–H groups in total. The molecule has 0 radical (unpaired) electrons. The highest BCUT2D eigenvalue weighted by Crippen LogP contribution is 2.29. The molecule has 9 nitrogen and oxygen atoms in total. The number of amides is 2. The van der Waals surface area contributed by atoms with Crippen molar-refractivity contribution in [1.29, 1.82) is 0 Å². The number of carbonyl (C=O) groups is 3. The second kappa shape index (κ2) is 11.7. The van der Waals surface area contributed by atoms with Gasteiger partial charge in [0.15, 0.2) is 6.61 Å². The molecule has 1 aliphatic carbocycles. The number of rotatable bonds is 11. The van der Waals surface area contributed by atoms with Crippen molar-refractivity contribution >= 4 is 40.5 Å². The van der Waals surface area contributed by atoms with Crippen LogP contribution in [0.1, 0.15) is 36.8 Å². The second-order valence-corrected chi connectivity index (χ2v) is 8.82. The molecule has 0 bridgehead atoms. The Morgan fingerprint density at radius 1 is 1.21 bits per heavy atom. The number of fused-ring (bicyclic) bond motifs is 3. The number of ether oxygens (including phenoxy) is 1. The first kappa shape index (κ1) is 24.6. The van der Waals surface area contributed by atoms with Crippen molar-refractivity contribution < 1.29 is 28.6 Å². The largest absolute Gasteiger partial charge is 0.484 e. The van der Waals surface area contributed by atoms with E-state index in [0.29, 0.717) is 23.5 Å². The van der Waals surface area contributed by atoms with Crippen LogP contribution in [0.4, 0.5) is 0 Å². The van der Waals surface area contributed by atoms with Crippen LogP contribution in [0, 0.1) is 0 Å². The number of nitrogens with one attached hydrogen (secondary N) is 2. The molecule has 0 spiro atoms. The first-order chi connectivity index (χ1) is 15.9. The summed E-state index contributed by atoms with van der Waals surface area (Å²) >= 11 is 1.53. The Morgan fingerprint density at radius 3 is 2.70 bits per heavy atom. The summed E-state index contributed by atoms with van der Waals surface area (Å²) in [6.07, 6.45) is 5.68. The fourth-order valence-electron chi connectivity index (χ4n) is 3.82. The molecule has 2 aromatic rings. The minimum atomic E-state index is -1.01. The SMILES string of the molecule is CSCC[C@@H](NC(=O)COc1ccc2c3c(c(=O)oc2c1)CCCC3)C(=O)NCCC(=O)O. The fraction of sp³-hybridized carbons (Fsp3) is 0.478. The van der Waals surface area contributed by atoms with E-state index < -0.39 is 23.8 Å². The quantitative estimate of drug-likeness (QED) is 0.419. The van der Waals surface area contributed by atoms with Crippen LogP contribution in [0.5, 0.6) is 5.75 Å². The fourth-order valence-corrected chi connectivity index (χ4v) is 4.29. The summed E-state index contributed by atoms with van der Waals surface area (Å²) < 4.78 is 11.0. The van der Waals surface area contributed by atoms with Gasteiger partial charge in [-0.15, -0.1) is 0 Å². The number of carboxylic acid groups (broad SMARTS) is 1. The number of carbonyl (C=O) groups excluding carboxylic acids is 2. The molecule has 3 rings (SSSR count). The van der Waals surface area contributed by atoms with Gasteiger partial charge in [0, 0.05) is 23.6 Å². The number of hydrogen-bond acceptors (Lipinski definition) is 7. The van der Waals surface area contributed by atoms with Crippen molar-refractivity contribution in [2.75, 3.05) is 25.2 Å². The average molecular weight is 477 g/mol. The average Bonchev–Trinajstić information content (AvgIpc) is 2.80. The lowest BCUT2D eigenvalue weighted by molar-refractivity contribution is -0.137. The first-order valence-electron chi connectivity index (χ1n) is 10.9. The molecule has 0 unspecified atom stereocenters. The number of thioether (sulfide) groups is 1. The molecule has 0 saturated carbocycles. The molecule has 10 heteroatoms. The van der Waals surface area contributed by atoms with E-state index in [1.54, 1.807) is 12.1 Å². The van der Waals surface area contributed by atoms with Gasteiger partial charge in [-0.05, 0) is 61.8 Å². The summed E-state index contributed by atoms with van der Waals surface area (Å²) in [6.45, 7) is -0.332. The van der Waals surface area contributed by atoms with Gasteiger partial charge in [0.1, 0.15) is 17.4 Å². The number of benzene rings is 1. The summed E-state index contributed by atoms with van der Waals surface area (Å²) in [6, 6.07) is 4.38. The lowest BCUT2D eigenvalue weighted by atomic mass is 9.91. The Morgan fingerprint density at radius 2 is 1.97 bits per heavy atom. The minimum absolute atomic E-state index is 0.0116. The van der Waals surface area contributed by atoms with E-state index >= 15 is 0 Å². The molecule has 0 fully saturated rings. The van der Waals surface area contributed by atoms with E-state index in [4.69, 9.17) is 14.3 Å². The van der Waals surface area contributed by atoms with Gasteiger partial charge in [-0.3, -0.25) is 14.4 Å². The van der Waals surface area contributed by atoms with E-state index in [1.807, 2.05) is 12.3 Å². The van der Waals surface area contributed by atoms with Crippen LogP contribution in [-0.4, -0.2) is 54.1 Å². The van der Waals surface area contributed by atoms with Crippen molar-refractivity contribution in [1.82, 2.24) is 10.6 Å². The normalized spacial score (nSPS) is 13.7. The van der Waals surface area contributed by atoms with Crippen molar-refractivity contribution in [3.05, 3.63) is 39.7 Å². The van der Waals surface area contributed by atoms with Gasteiger partial charge in [-0.1, -0.05) is 0 Å². The van der Waals surface area contributed by atoms with Crippen molar-refractivity contribution in [2.24, 2.45) is 0 Å². The van der Waals surface area contributed by atoms with Crippen LogP contribution in [-0.2, 0) is 27.2 Å². The molecule has 33 heavy (non-hydrogen) atoms. The van der Waals surface area contributed by atoms with Gasteiger partial charge in [0.25, 0.3) is 5.91 Å². The number of hydrogen-bond donors (Lipinski definition) is 3. The molecule has 1 aliphatic rings. The Bertz CT molecular complexity index is 1080. The van der Waals surface area contributed by atoms with Crippen molar-refractivity contribution in [3.63, 3.8) is 0 Å². The van der Waals surface area contributed by atoms with E-state index in [1.165, 1.54) is 11.8 Å². The van der Waals surface area contributed by atoms with E-state index in [0.717, 1.165) is 42.2 Å². The molecule has 1 aromatic heterocycles. The van der Waals surface area contributed by atoms with Gasteiger partial charge >= 0.3 is 11.6 Å². The predicted molar refractivity (Wildman–Crippen MR) is 125 cm³/mol. The third-order valence-corrected chi connectivity index (χ3v) is 6.11. The van der Waals surface area contributed by atoms with Gasteiger partial charge in [0.2, 0.25) is 5.91 Å². The lowest BCUT2D eigenvalue weighted by Gasteiger charge is -2.18. The molecule has 178 valence electrons. The Balaban J connectivity index is 1.61. The maximum Gasteiger partial charge on any atom is 0.339 e. The summed E-state index contributed by atoms with van der Waals surface area (Å²) in [5.74, 6) is -0.910. The molecule has 1 heterocycles. The van der Waals surface area contributed by atoms with Crippen molar-refractivity contribution in [2.45, 2.75) is 44.6 Å². The van der Waals surface area contributed by atoms with Gasteiger partial charge in [-0.25, -0.2) is 4.79 Å². The third kappa shape index (κ3) is 6.74. The molecule has 2 amide bonds. The zero-order valence-corrected chi connectivity index (χ0v) is 19.3. The monoisotopic (exact) mass is 476 g/mol. The lowest BCUT2D eigenvalue weighted by Crippen LogP contribution is -2.48. The number of aliphatic carboxylic acids is 1. The Hall–Kier alpha value is -3.01. The van der Waals surface area contributed by atoms with Crippen LogP contribution >= 0.6 is 11.8 Å². The van der Waals surface area contributed by atoms with E-state index in [2.05, 4.69) is 10.6 Å². The highest BCUT2D eigenvalue weighted by atomic mass is 32.2. The smallest absolute Gasteiger partial charge is 0.339 e. The summed E-state index contributed by atoms with van der Waals surface area (Å²) in [4.78, 5) is 47.6. The molecule has 1 atom stereocenters. The summed E-state index contributed by atoms with van der Waals surface area (Å²) in [5, 5.41) is 14.8. The molecular formula is C23H28N2O7S. The molecule has 0 saturated heterocycles. The Kier molecular flexibility index (Phi) is 8.76. The summed E-state index contributed by atoms with van der Waals surface area (Å²) in [7, 11) is 0. The van der Waals surface area contributed by atoms with Gasteiger partial charge in [-0.2, -0.15) is 11.8 Å². The molecule has 0 aliphatic heterocycles. The predicted octanol–water partition coefficient (Wildman–Crippen LogP) is 1.88. The highest BCUT2D eigenvalue weighted by molar-refractivity contribution is 7.98. The van der Waals surface area contributed by atoms with Gasteiger partial charge < -0.3 is 24.9 Å². The second-order valence-electron chi connectivity index (χ2n) is 7.84. The molecular weight excluding hydrogens is 448 g/mol. The van der Waals surface area contributed by atoms with Crippen LogP contribution in [0.2, 0.25) is 0 Å². The number of carboxylic acids is 1. The zero-order chi connectivity index (χ0) is 23.8.